The predicted molar refractivity (Wildman–Crippen MR) is 108 cm³/mol. The molecule has 1 rings (SSSR count). The van der Waals surface area contributed by atoms with Crippen molar-refractivity contribution in [1.82, 2.24) is 5.32 Å². The molecule has 1 saturated heterocycles. The zero-order valence-corrected chi connectivity index (χ0v) is 18.9. The Balaban J connectivity index is 3.15. The molecular formula is C21H35NO8. The Morgan fingerprint density at radius 1 is 1.10 bits per heavy atom. The first-order valence-corrected chi connectivity index (χ1v) is 9.90. The molecule has 0 unspecified atom stereocenters. The normalized spacial score (nSPS) is 27.1. The molecular weight excluding hydrogens is 394 g/mol. The van der Waals surface area contributed by atoms with Gasteiger partial charge in [0.15, 0.2) is 12.4 Å². The summed E-state index contributed by atoms with van der Waals surface area (Å²) < 4.78 is 22.2. The summed E-state index contributed by atoms with van der Waals surface area (Å²) in [5, 5.41) is 13.5. The second kappa shape index (κ2) is 10.4. The third kappa shape index (κ3) is 7.37. The number of hydrogen-bond acceptors (Lipinski definition) is 8. The number of aliphatic hydroxyl groups is 1. The highest BCUT2D eigenvalue weighted by Crippen LogP contribution is 2.28. The van der Waals surface area contributed by atoms with Gasteiger partial charge < -0.3 is 29.4 Å². The van der Waals surface area contributed by atoms with Gasteiger partial charge in [-0.1, -0.05) is 6.08 Å². The average molecular weight is 430 g/mol. The quantitative estimate of drug-likeness (QED) is 0.459. The predicted octanol–water partition coefficient (Wildman–Crippen LogP) is 1.33. The van der Waals surface area contributed by atoms with Crippen LogP contribution in [0.3, 0.4) is 0 Å². The second-order valence-electron chi connectivity index (χ2n) is 9.35. The minimum absolute atomic E-state index is 0.0886. The molecule has 1 fully saturated rings. The zero-order valence-electron chi connectivity index (χ0n) is 18.9. The molecule has 5 atom stereocenters. The lowest BCUT2D eigenvalue weighted by Crippen LogP contribution is -2.66. The molecule has 9 nitrogen and oxygen atoms in total. The molecule has 1 amide bonds. The van der Waals surface area contributed by atoms with Crippen molar-refractivity contribution in [2.45, 2.75) is 79.1 Å². The molecule has 1 heterocycles. The van der Waals surface area contributed by atoms with Gasteiger partial charge in [0.25, 0.3) is 0 Å². The third-order valence-electron chi connectivity index (χ3n) is 4.27. The van der Waals surface area contributed by atoms with E-state index < -0.39 is 59.3 Å². The lowest BCUT2D eigenvalue weighted by Gasteiger charge is -2.44. The maximum absolute atomic E-state index is 12.5. The molecule has 0 aromatic rings. The van der Waals surface area contributed by atoms with Crippen molar-refractivity contribution < 1.29 is 38.4 Å². The van der Waals surface area contributed by atoms with E-state index >= 15 is 0 Å². The number of amides is 1. The summed E-state index contributed by atoms with van der Waals surface area (Å²) in [5.74, 6) is -1.47. The maximum atomic E-state index is 12.5. The molecule has 1 aliphatic heterocycles. The topological polar surface area (TPSA) is 120 Å². The molecule has 0 aromatic carbocycles. The molecule has 0 bridgehead atoms. The Morgan fingerprint density at radius 3 is 2.13 bits per heavy atom. The van der Waals surface area contributed by atoms with Crippen molar-refractivity contribution in [3.63, 3.8) is 0 Å². The van der Waals surface area contributed by atoms with Gasteiger partial charge in [-0.15, -0.1) is 6.58 Å². The molecule has 0 aromatic heterocycles. The Kier molecular flexibility index (Phi) is 9.01. The van der Waals surface area contributed by atoms with Crippen molar-refractivity contribution in [3.8, 4) is 0 Å². The number of nitrogens with one attached hydrogen (secondary N) is 1. The van der Waals surface area contributed by atoms with Crippen LogP contribution in [0.15, 0.2) is 12.7 Å². The van der Waals surface area contributed by atoms with E-state index in [9.17, 15) is 19.5 Å². The molecule has 2 N–H and O–H groups in total. The summed E-state index contributed by atoms with van der Waals surface area (Å²) in [7, 11) is 0. The van der Waals surface area contributed by atoms with Gasteiger partial charge >= 0.3 is 11.9 Å². The highest BCUT2D eigenvalue weighted by Gasteiger charge is 2.49. The van der Waals surface area contributed by atoms with Crippen LogP contribution in [0.5, 0.6) is 0 Å². The van der Waals surface area contributed by atoms with Gasteiger partial charge in [0.1, 0.15) is 24.9 Å². The minimum atomic E-state index is -1.37. The summed E-state index contributed by atoms with van der Waals surface area (Å²) >= 11 is 0. The number of aliphatic hydroxyl groups excluding tert-OH is 1. The van der Waals surface area contributed by atoms with E-state index in [2.05, 4.69) is 11.9 Å². The van der Waals surface area contributed by atoms with Gasteiger partial charge in [-0.3, -0.25) is 14.4 Å². The van der Waals surface area contributed by atoms with E-state index in [1.807, 2.05) is 0 Å². The van der Waals surface area contributed by atoms with Crippen molar-refractivity contribution >= 4 is 17.8 Å². The van der Waals surface area contributed by atoms with Crippen molar-refractivity contribution in [2.75, 3.05) is 13.2 Å². The van der Waals surface area contributed by atoms with Crippen LogP contribution in [0.4, 0.5) is 0 Å². The Labute approximate surface area is 178 Å². The first-order valence-electron chi connectivity index (χ1n) is 9.90. The van der Waals surface area contributed by atoms with Crippen LogP contribution in [0.2, 0.25) is 0 Å². The van der Waals surface area contributed by atoms with Gasteiger partial charge in [0.2, 0.25) is 5.91 Å². The molecule has 0 aliphatic carbocycles. The zero-order chi connectivity index (χ0) is 23.3. The standard InChI is InChI=1S/C21H35NO8/c1-9-10-27-17-14(22-12(2)23)16(30-19(26)21(6,7)8)15(24)13(29-17)11-28-18(25)20(3,4)5/h9,13-17,24H,1,10-11H2,2-8H3,(H,22,23)/t13-,14+,15-,16+,17-/m0/s1. The number of ether oxygens (including phenoxy) is 4. The lowest BCUT2D eigenvalue weighted by atomic mass is 9.94. The van der Waals surface area contributed by atoms with Gasteiger partial charge in [0, 0.05) is 6.92 Å². The fourth-order valence-electron chi connectivity index (χ4n) is 2.56. The summed E-state index contributed by atoms with van der Waals surface area (Å²) in [4.78, 5) is 36.4. The van der Waals surface area contributed by atoms with E-state index in [0.717, 1.165) is 0 Å². The summed E-state index contributed by atoms with van der Waals surface area (Å²) in [6.07, 6.45) is -3.16. The van der Waals surface area contributed by atoms with Gasteiger partial charge in [-0.25, -0.2) is 0 Å². The summed E-state index contributed by atoms with van der Waals surface area (Å²) in [6.45, 7) is 14.8. The molecule has 9 heteroatoms. The fourth-order valence-corrected chi connectivity index (χ4v) is 2.56. The van der Waals surface area contributed by atoms with E-state index in [1.54, 1.807) is 41.5 Å². The number of carbonyl (C=O) groups excluding carboxylic acids is 3. The van der Waals surface area contributed by atoms with Crippen LogP contribution in [0.25, 0.3) is 0 Å². The maximum Gasteiger partial charge on any atom is 0.311 e. The first kappa shape index (κ1) is 26.1. The molecule has 30 heavy (non-hydrogen) atoms. The Morgan fingerprint density at radius 2 is 1.67 bits per heavy atom. The number of esters is 2. The highest BCUT2D eigenvalue weighted by atomic mass is 16.7. The third-order valence-corrected chi connectivity index (χ3v) is 4.27. The monoisotopic (exact) mass is 429 g/mol. The lowest BCUT2D eigenvalue weighted by molar-refractivity contribution is -0.273. The van der Waals surface area contributed by atoms with Crippen LogP contribution in [-0.4, -0.2) is 66.8 Å². The van der Waals surface area contributed by atoms with Gasteiger partial charge in [-0.2, -0.15) is 0 Å². The van der Waals surface area contributed by atoms with Crippen LogP contribution in [-0.2, 0) is 33.3 Å². The molecule has 0 spiro atoms. The van der Waals surface area contributed by atoms with E-state index in [4.69, 9.17) is 18.9 Å². The van der Waals surface area contributed by atoms with E-state index in [-0.39, 0.29) is 13.2 Å². The largest absolute Gasteiger partial charge is 0.462 e. The average Bonchev–Trinajstić information content (AvgIpc) is 2.60. The summed E-state index contributed by atoms with van der Waals surface area (Å²) in [6, 6.07) is -0.974. The van der Waals surface area contributed by atoms with E-state index in [0.29, 0.717) is 0 Å². The second-order valence-corrected chi connectivity index (χ2v) is 9.35. The number of rotatable bonds is 7. The van der Waals surface area contributed by atoms with Crippen molar-refractivity contribution in [2.24, 2.45) is 10.8 Å². The highest BCUT2D eigenvalue weighted by molar-refractivity contribution is 5.76. The van der Waals surface area contributed by atoms with Crippen LogP contribution >= 0.6 is 0 Å². The first-order chi connectivity index (χ1) is 13.7. The smallest absolute Gasteiger partial charge is 0.311 e. The number of hydrogen-bond donors (Lipinski definition) is 2. The van der Waals surface area contributed by atoms with Crippen LogP contribution in [0, 0.1) is 10.8 Å². The molecule has 0 saturated carbocycles. The SMILES string of the molecule is C=CCO[C@H]1O[C@@H](COC(=O)C(C)(C)C)[C@H](O)[C@H](OC(=O)C(C)(C)C)[C@H]1NC(C)=O. The van der Waals surface area contributed by atoms with Crippen LogP contribution in [0.1, 0.15) is 48.5 Å². The van der Waals surface area contributed by atoms with Crippen molar-refractivity contribution in [1.29, 1.82) is 0 Å². The Bertz CT molecular complexity index is 634. The number of carbonyl (C=O) groups is 3. The summed E-state index contributed by atoms with van der Waals surface area (Å²) in [5.41, 5.74) is -1.58. The van der Waals surface area contributed by atoms with E-state index in [1.165, 1.54) is 13.0 Å². The Hall–Kier alpha value is -1.97. The molecule has 1 aliphatic rings. The molecule has 0 radical (unpaired) electrons. The van der Waals surface area contributed by atoms with Crippen LogP contribution < -0.4 is 5.32 Å². The minimum Gasteiger partial charge on any atom is -0.462 e. The molecule has 172 valence electrons. The van der Waals surface area contributed by atoms with Crippen molar-refractivity contribution in [3.05, 3.63) is 12.7 Å². The van der Waals surface area contributed by atoms with Gasteiger partial charge in [-0.05, 0) is 41.5 Å². The van der Waals surface area contributed by atoms with Gasteiger partial charge in [0.05, 0.1) is 17.4 Å². The fraction of sp³-hybridized carbons (Fsp3) is 0.762.